The number of rotatable bonds is 7. The number of aromatic carboxylic acids is 1. The maximum atomic E-state index is 11.1. The van der Waals surface area contributed by atoms with Gasteiger partial charge in [-0.25, -0.2) is 4.79 Å². The van der Waals surface area contributed by atoms with Gasteiger partial charge < -0.3 is 51.3 Å². The number of carboxylic acid groups (broad SMARTS) is 2. The van der Waals surface area contributed by atoms with Gasteiger partial charge in [-0.2, -0.15) is 0 Å². The zero-order chi connectivity index (χ0) is 39.4. The molecular formula is C38H52Cl2IKMgN6O5. The Morgan fingerprint density at radius 1 is 0.778 bits per heavy atom. The summed E-state index contributed by atoms with van der Waals surface area (Å²) < 4.78 is 6.20. The summed E-state index contributed by atoms with van der Waals surface area (Å²) in [4.78, 5) is 47.2. The van der Waals surface area contributed by atoms with E-state index in [2.05, 4.69) is 26.9 Å². The van der Waals surface area contributed by atoms with Crippen molar-refractivity contribution in [2.75, 3.05) is 4.91 Å². The van der Waals surface area contributed by atoms with E-state index in [9.17, 15) is 19.5 Å². The van der Waals surface area contributed by atoms with Gasteiger partial charge in [0.2, 0.25) is 0 Å². The Morgan fingerprint density at radius 2 is 1.13 bits per heavy atom. The monoisotopic (exact) mass is 933 g/mol. The van der Waals surface area contributed by atoms with Crippen molar-refractivity contribution in [3.63, 3.8) is 0 Å². The van der Waals surface area contributed by atoms with Gasteiger partial charge in [0.05, 0.1) is 5.56 Å². The number of hydrogen-bond acceptors (Lipinski definition) is 10. The van der Waals surface area contributed by atoms with Crippen LogP contribution in [0.2, 0.25) is 0 Å². The van der Waals surface area contributed by atoms with Gasteiger partial charge in [0.25, 0.3) is 0 Å². The first-order chi connectivity index (χ1) is 24.1. The number of aliphatic carboxylic acids is 1. The van der Waals surface area contributed by atoms with E-state index in [1.54, 1.807) is 18.5 Å². The van der Waals surface area contributed by atoms with Crippen molar-refractivity contribution in [2.45, 2.75) is 80.7 Å². The third-order valence-corrected chi connectivity index (χ3v) is 6.36. The predicted octanol–water partition coefficient (Wildman–Crippen LogP) is -2.59. The van der Waals surface area contributed by atoms with Gasteiger partial charge in [-0.3, -0.25) is 24.7 Å². The molecule has 11 nitrogen and oxygen atoms in total. The van der Waals surface area contributed by atoms with Gasteiger partial charge in [0.1, 0.15) is 0 Å². The van der Waals surface area contributed by atoms with Crippen LogP contribution in [-0.4, -0.2) is 70.7 Å². The van der Waals surface area contributed by atoms with Crippen LogP contribution in [0.4, 0.5) is 0 Å². The molecule has 0 amide bonds. The summed E-state index contributed by atoms with van der Waals surface area (Å²) in [7, 11) is 0. The summed E-state index contributed by atoms with van der Waals surface area (Å²) in [5, 5.41) is 17.7. The van der Waals surface area contributed by atoms with Crippen LogP contribution in [0, 0.1) is 27.7 Å². The number of Topliss-reactive ketones (excluding diaryl/α,β-unsaturated/α-hetero) is 1. The SMILES string of the molecule is C/C=C(\N)c1ccc(C)nc1.CCC(=O)[O-].CCC(=O)c1ccc(C)nc1.CCC(N)c1ccc(C)nc1.Cc1ccc(C(=O)O)cn1.[2H]CI.[Cl-].[Cl-].[K+].[Mg+2]. The molecule has 1 atom stereocenters. The number of aryl methyl sites for hydroxylation is 4. The number of halogens is 3. The maximum absolute atomic E-state index is 11.1. The number of ketones is 1. The number of alkyl halides is 1. The Morgan fingerprint density at radius 3 is 1.39 bits per heavy atom. The van der Waals surface area contributed by atoms with Gasteiger partial charge >= 0.3 is 80.4 Å². The molecule has 1 unspecified atom stereocenters. The quantitative estimate of drug-likeness (QED) is 0.0762. The molecule has 0 aliphatic carbocycles. The van der Waals surface area contributed by atoms with E-state index in [-0.39, 0.29) is 123 Å². The molecule has 0 saturated heterocycles. The van der Waals surface area contributed by atoms with Crippen LogP contribution in [0.1, 0.15) is 109 Å². The number of pyridine rings is 4. The third kappa shape index (κ3) is 31.6. The molecular weight excluding hydrogens is 882 g/mol. The number of nitrogens with zero attached hydrogens (tertiary/aromatic N) is 4. The van der Waals surface area contributed by atoms with Crippen LogP contribution < -0.4 is 92.8 Å². The Balaban J connectivity index is -0.000000134. The van der Waals surface area contributed by atoms with Crippen molar-refractivity contribution in [3.8, 4) is 0 Å². The average Bonchev–Trinajstić information content (AvgIpc) is 3.13. The Labute approximate surface area is 407 Å². The second-order valence-corrected chi connectivity index (χ2v) is 10.4. The van der Waals surface area contributed by atoms with E-state index in [1.807, 2.05) is 113 Å². The standard InChI is InChI=1S/C9H14N2.C9H12N2.C9H11NO.C7H7NO2.C3H6O2.CH3I.2ClH.K.Mg/c2*1-3-9(10)8-5-4-7(2)11-6-8;1-3-9(11)8-5-4-7(2)10-6-8;1-5-2-3-6(4-8-5)7(9)10;1-2-3(4)5;1-2;;;;/h4-6,9H,3,10H2,1-2H3;3-6H,10H2,1-2H3;4-6H,3H2,1-2H3;2-4H,1H3,(H,9,10);2H2,1H3,(H,4,5);1H3;2*1H;;/q;;;;;;;;+1;+2/p-3/b;9-3-;;;;;;;;/i;;;;;1D;;;;. The fraction of sp³-hybridized carbons (Fsp3) is 0.342. The number of carbonyl (C=O) groups is 3. The number of hydrogen-bond donors (Lipinski definition) is 3. The molecule has 54 heavy (non-hydrogen) atoms. The van der Waals surface area contributed by atoms with E-state index < -0.39 is 11.9 Å². The van der Waals surface area contributed by atoms with E-state index in [0.717, 1.165) is 46.0 Å². The predicted molar refractivity (Wildman–Crippen MR) is 214 cm³/mol. The van der Waals surface area contributed by atoms with Gasteiger partial charge in [0, 0.05) is 84.2 Å². The molecule has 5 N–H and O–H groups in total. The second-order valence-electron chi connectivity index (χ2n) is 10.4. The Kier molecular flexibility index (Phi) is 45.3. The molecule has 0 fully saturated rings. The van der Waals surface area contributed by atoms with Gasteiger partial charge in [-0.05, 0) is 100 Å². The molecule has 0 spiro atoms. The Hall–Kier alpha value is -1.58. The number of aromatic nitrogens is 4. The molecule has 16 heteroatoms. The van der Waals surface area contributed by atoms with E-state index in [1.165, 1.54) is 19.2 Å². The van der Waals surface area contributed by atoms with Gasteiger partial charge in [-0.15, -0.1) is 0 Å². The number of nitrogens with two attached hydrogens (primary N) is 2. The van der Waals surface area contributed by atoms with Crippen molar-refractivity contribution in [3.05, 3.63) is 124 Å². The zero-order valence-electron chi connectivity index (χ0n) is 33.8. The molecule has 4 heterocycles. The fourth-order valence-electron chi connectivity index (χ4n) is 3.17. The third-order valence-electron chi connectivity index (χ3n) is 6.36. The van der Waals surface area contributed by atoms with Crippen molar-refractivity contribution < 1.29 is 102 Å². The van der Waals surface area contributed by atoms with Crippen LogP contribution >= 0.6 is 22.6 Å². The van der Waals surface area contributed by atoms with Crippen molar-refractivity contribution in [1.29, 1.82) is 0 Å². The van der Waals surface area contributed by atoms with Crippen LogP contribution in [-0.2, 0) is 4.79 Å². The Bertz CT molecular complexity index is 1600. The van der Waals surface area contributed by atoms with Gasteiger partial charge in [0.15, 0.2) is 5.78 Å². The molecule has 288 valence electrons. The summed E-state index contributed by atoms with van der Waals surface area (Å²) in [5.41, 5.74) is 19.1. The minimum atomic E-state index is -0.995. The topological polar surface area (TPSA) is 198 Å². The van der Waals surface area contributed by atoms with Crippen molar-refractivity contribution in [2.24, 2.45) is 11.5 Å². The van der Waals surface area contributed by atoms with Crippen LogP contribution in [0.5, 0.6) is 0 Å². The molecule has 0 aliphatic rings. The molecule has 4 rings (SSSR count). The zero-order valence-corrected chi connectivity index (χ0v) is 41.0. The summed E-state index contributed by atoms with van der Waals surface area (Å²) in [6, 6.07) is 15.0. The summed E-state index contributed by atoms with van der Waals surface area (Å²) in [6.07, 6.45) is 10.1. The summed E-state index contributed by atoms with van der Waals surface area (Å²) >= 11 is 1.96. The number of allylic oxidation sites excluding steroid dienone is 1. The van der Waals surface area contributed by atoms with Gasteiger partial charge in [-0.1, -0.05) is 55.5 Å². The largest absolute Gasteiger partial charge is 2.00 e. The summed E-state index contributed by atoms with van der Waals surface area (Å²) in [6.45, 7) is 15.0. The minimum absolute atomic E-state index is 0. The van der Waals surface area contributed by atoms with Crippen LogP contribution in [0.25, 0.3) is 5.70 Å². The normalized spacial score (nSPS) is 9.74. The minimum Gasteiger partial charge on any atom is -1.00 e. The van der Waals surface area contributed by atoms with E-state index >= 15 is 0 Å². The van der Waals surface area contributed by atoms with Crippen molar-refractivity contribution >= 4 is 69.1 Å². The molecule has 0 saturated carbocycles. The smallest absolute Gasteiger partial charge is 1.00 e. The first-order valence-electron chi connectivity index (χ1n) is 16.5. The first kappa shape index (κ1) is 61.6. The number of carbonyl (C=O) groups excluding carboxylic acids is 2. The molecule has 4 aromatic rings. The molecule has 0 aliphatic heterocycles. The van der Waals surface area contributed by atoms with E-state index in [0.29, 0.717) is 16.9 Å². The van der Waals surface area contributed by atoms with E-state index in [4.69, 9.17) is 17.9 Å². The molecule has 0 radical (unpaired) electrons. The first-order valence-corrected chi connectivity index (χ1v) is 17.3. The average molecular weight is 935 g/mol. The molecule has 4 aromatic heterocycles. The molecule has 0 aromatic carbocycles. The van der Waals surface area contributed by atoms with Crippen LogP contribution in [0.3, 0.4) is 0 Å². The van der Waals surface area contributed by atoms with Crippen molar-refractivity contribution in [1.82, 2.24) is 19.9 Å². The fourth-order valence-corrected chi connectivity index (χ4v) is 3.17. The second kappa shape index (κ2) is 39.6. The number of carboxylic acids is 2. The maximum Gasteiger partial charge on any atom is 2.00 e. The summed E-state index contributed by atoms with van der Waals surface area (Å²) in [5.74, 6) is -1.78. The van der Waals surface area contributed by atoms with Crippen LogP contribution in [0.15, 0.2) is 79.4 Å². The molecule has 0 bridgehead atoms.